The van der Waals surface area contributed by atoms with E-state index in [1.165, 1.54) is 19.3 Å². The van der Waals surface area contributed by atoms with Crippen LogP contribution in [0.5, 0.6) is 0 Å². The van der Waals surface area contributed by atoms with Crippen molar-refractivity contribution in [3.8, 4) is 0 Å². The zero-order valence-electron chi connectivity index (χ0n) is 14.8. The normalized spacial score (nSPS) is 22.2. The van der Waals surface area contributed by atoms with Crippen LogP contribution in [-0.4, -0.2) is 22.3 Å². The number of aliphatic hydroxyl groups is 1. The monoisotopic (exact) mass is 332 g/mol. The molecule has 1 rings (SSSR count). The van der Waals surface area contributed by atoms with E-state index in [0.717, 1.165) is 25.7 Å². The van der Waals surface area contributed by atoms with Crippen molar-refractivity contribution in [1.29, 1.82) is 0 Å². The summed E-state index contributed by atoms with van der Waals surface area (Å²) in [4.78, 5) is 10.4. The van der Waals surface area contributed by atoms with E-state index in [1.54, 1.807) is 0 Å². The summed E-state index contributed by atoms with van der Waals surface area (Å²) in [5.41, 5.74) is 0. The molecule has 0 radical (unpaired) electrons. The molecule has 1 fully saturated rings. The van der Waals surface area contributed by atoms with Gasteiger partial charge in [0.2, 0.25) is 0 Å². The third-order valence-corrected chi connectivity index (χ3v) is 4.29. The van der Waals surface area contributed by atoms with Gasteiger partial charge >= 0.3 is 5.97 Å². The molecule has 0 aromatic heterocycles. The van der Waals surface area contributed by atoms with Crippen LogP contribution < -0.4 is 0 Å². The van der Waals surface area contributed by atoms with Crippen molar-refractivity contribution < 1.29 is 15.0 Å². The second kappa shape index (κ2) is 12.8. The van der Waals surface area contributed by atoms with E-state index in [0.29, 0.717) is 18.3 Å². The SMILES string of the molecule is CCCCCC(O)/C=C/C=C/C=C/C=C/C1CC1CCCC(=O)O. The summed E-state index contributed by atoms with van der Waals surface area (Å²) in [7, 11) is 0. The topological polar surface area (TPSA) is 57.5 Å². The molecule has 3 heteroatoms. The number of rotatable bonds is 13. The highest BCUT2D eigenvalue weighted by Crippen LogP contribution is 2.43. The van der Waals surface area contributed by atoms with Crippen LogP contribution in [0.25, 0.3) is 0 Å². The Kier molecular flexibility index (Phi) is 10.9. The fourth-order valence-corrected chi connectivity index (χ4v) is 2.71. The van der Waals surface area contributed by atoms with E-state index in [1.807, 2.05) is 36.5 Å². The highest BCUT2D eigenvalue weighted by molar-refractivity contribution is 5.66. The van der Waals surface area contributed by atoms with Crippen molar-refractivity contribution >= 4 is 5.97 Å². The van der Waals surface area contributed by atoms with Crippen molar-refractivity contribution in [1.82, 2.24) is 0 Å². The van der Waals surface area contributed by atoms with Crippen LogP contribution in [-0.2, 0) is 4.79 Å². The van der Waals surface area contributed by atoms with Gasteiger partial charge in [0, 0.05) is 6.42 Å². The Morgan fingerprint density at radius 1 is 1.08 bits per heavy atom. The molecule has 0 amide bonds. The summed E-state index contributed by atoms with van der Waals surface area (Å²) in [6.07, 6.45) is 23.1. The van der Waals surface area contributed by atoms with Crippen molar-refractivity contribution in [2.75, 3.05) is 0 Å². The van der Waals surface area contributed by atoms with Crippen molar-refractivity contribution in [3.05, 3.63) is 48.6 Å². The zero-order valence-corrected chi connectivity index (χ0v) is 14.8. The summed E-state index contributed by atoms with van der Waals surface area (Å²) >= 11 is 0. The van der Waals surface area contributed by atoms with Crippen molar-refractivity contribution in [2.45, 2.75) is 64.4 Å². The predicted molar refractivity (Wildman–Crippen MR) is 99.8 cm³/mol. The summed E-state index contributed by atoms with van der Waals surface area (Å²) in [6.45, 7) is 2.16. The quantitative estimate of drug-likeness (QED) is 0.367. The lowest BCUT2D eigenvalue weighted by atomic mass is 10.1. The van der Waals surface area contributed by atoms with Gasteiger partial charge in [0.1, 0.15) is 0 Å². The van der Waals surface area contributed by atoms with Crippen LogP contribution in [0.2, 0.25) is 0 Å². The lowest BCUT2D eigenvalue weighted by molar-refractivity contribution is -0.137. The van der Waals surface area contributed by atoms with Gasteiger partial charge in [-0.05, 0) is 37.5 Å². The van der Waals surface area contributed by atoms with Crippen LogP contribution >= 0.6 is 0 Å². The smallest absolute Gasteiger partial charge is 0.303 e. The lowest BCUT2D eigenvalue weighted by Crippen LogP contribution is -2.00. The summed E-state index contributed by atoms with van der Waals surface area (Å²) in [6, 6.07) is 0. The van der Waals surface area contributed by atoms with Gasteiger partial charge in [-0.25, -0.2) is 0 Å². The number of allylic oxidation sites excluding steroid dienone is 7. The molecule has 134 valence electrons. The highest BCUT2D eigenvalue weighted by atomic mass is 16.4. The largest absolute Gasteiger partial charge is 0.481 e. The predicted octanol–water partition coefficient (Wildman–Crippen LogP) is 5.04. The third-order valence-electron chi connectivity index (χ3n) is 4.29. The molecule has 0 spiro atoms. The number of unbranched alkanes of at least 4 members (excludes halogenated alkanes) is 2. The minimum atomic E-state index is -0.694. The van der Waals surface area contributed by atoms with Crippen LogP contribution in [0, 0.1) is 11.8 Å². The maximum Gasteiger partial charge on any atom is 0.303 e. The number of hydrogen-bond acceptors (Lipinski definition) is 2. The molecule has 0 saturated heterocycles. The first-order chi connectivity index (χ1) is 11.6. The van der Waals surface area contributed by atoms with Crippen molar-refractivity contribution in [3.63, 3.8) is 0 Å². The molecule has 1 aliphatic carbocycles. The maximum absolute atomic E-state index is 10.4. The Morgan fingerprint density at radius 3 is 2.50 bits per heavy atom. The first kappa shape index (κ1) is 20.4. The van der Waals surface area contributed by atoms with Crippen LogP contribution in [0.1, 0.15) is 58.3 Å². The van der Waals surface area contributed by atoms with Gasteiger partial charge in [-0.3, -0.25) is 4.79 Å². The number of carboxylic acids is 1. The molecule has 0 aromatic rings. The lowest BCUT2D eigenvalue weighted by Gasteiger charge is -2.02. The second-order valence-electron chi connectivity index (χ2n) is 6.55. The Hall–Kier alpha value is -1.61. The molecule has 0 aromatic carbocycles. The number of aliphatic carboxylic acids is 1. The minimum Gasteiger partial charge on any atom is -0.481 e. The number of carbonyl (C=O) groups is 1. The van der Waals surface area contributed by atoms with E-state index >= 15 is 0 Å². The Bertz CT molecular complexity index is 460. The highest BCUT2D eigenvalue weighted by Gasteiger charge is 2.33. The average molecular weight is 332 g/mol. The third kappa shape index (κ3) is 11.0. The molecule has 2 N–H and O–H groups in total. The van der Waals surface area contributed by atoms with Gasteiger partial charge in [0.05, 0.1) is 6.10 Å². The summed E-state index contributed by atoms with van der Waals surface area (Å²) in [5, 5.41) is 18.3. The van der Waals surface area contributed by atoms with Gasteiger partial charge in [0.25, 0.3) is 0 Å². The Morgan fingerprint density at radius 2 is 1.79 bits per heavy atom. The van der Waals surface area contributed by atoms with Gasteiger partial charge in [-0.15, -0.1) is 0 Å². The van der Waals surface area contributed by atoms with Crippen molar-refractivity contribution in [2.24, 2.45) is 11.8 Å². The number of carboxylic acid groups (broad SMARTS) is 1. The zero-order chi connectivity index (χ0) is 17.6. The Labute approximate surface area is 146 Å². The van der Waals surface area contributed by atoms with Gasteiger partial charge in [0.15, 0.2) is 0 Å². The van der Waals surface area contributed by atoms with Crippen LogP contribution in [0.15, 0.2) is 48.6 Å². The maximum atomic E-state index is 10.4. The first-order valence-electron chi connectivity index (χ1n) is 9.21. The fraction of sp³-hybridized carbons (Fsp3) is 0.571. The number of aliphatic hydroxyl groups excluding tert-OH is 1. The van der Waals surface area contributed by atoms with Gasteiger partial charge < -0.3 is 10.2 Å². The molecular weight excluding hydrogens is 300 g/mol. The molecule has 0 aliphatic heterocycles. The molecule has 3 atom stereocenters. The fourth-order valence-electron chi connectivity index (χ4n) is 2.71. The van der Waals surface area contributed by atoms with E-state index in [2.05, 4.69) is 19.1 Å². The van der Waals surface area contributed by atoms with E-state index < -0.39 is 5.97 Å². The van der Waals surface area contributed by atoms with E-state index in [4.69, 9.17) is 5.11 Å². The first-order valence-corrected chi connectivity index (χ1v) is 9.21. The molecule has 3 unspecified atom stereocenters. The average Bonchev–Trinajstić information content (AvgIpc) is 3.28. The number of hydrogen-bond donors (Lipinski definition) is 2. The molecule has 24 heavy (non-hydrogen) atoms. The molecule has 1 saturated carbocycles. The molecule has 3 nitrogen and oxygen atoms in total. The van der Waals surface area contributed by atoms with Gasteiger partial charge in [-0.2, -0.15) is 0 Å². The molecule has 1 aliphatic rings. The van der Waals surface area contributed by atoms with Crippen LogP contribution in [0.4, 0.5) is 0 Å². The van der Waals surface area contributed by atoms with Gasteiger partial charge in [-0.1, -0.05) is 74.8 Å². The summed E-state index contributed by atoms with van der Waals surface area (Å²) in [5.74, 6) is 0.618. The molecule has 0 heterocycles. The van der Waals surface area contributed by atoms with Crippen LogP contribution in [0.3, 0.4) is 0 Å². The minimum absolute atomic E-state index is 0.290. The molecular formula is C21H32O3. The van der Waals surface area contributed by atoms with E-state index in [9.17, 15) is 9.90 Å². The standard InChI is InChI=1S/C21H32O3/c1-2-3-8-14-20(22)15-10-7-5-4-6-9-12-18-17-19(18)13-11-16-21(23)24/h4-7,9-10,12,15,18-20,22H,2-3,8,11,13-14,16-17H2,1H3,(H,23,24)/b6-4+,7-5+,12-9+,15-10+. The summed E-state index contributed by atoms with van der Waals surface area (Å²) < 4.78 is 0. The Balaban J connectivity index is 2.07. The molecule has 0 bridgehead atoms. The van der Waals surface area contributed by atoms with E-state index in [-0.39, 0.29) is 6.10 Å². The second-order valence-corrected chi connectivity index (χ2v) is 6.55.